The summed E-state index contributed by atoms with van der Waals surface area (Å²) in [5.41, 5.74) is 10.1. The van der Waals surface area contributed by atoms with Gasteiger partial charge in [-0.25, -0.2) is 5.48 Å². The van der Waals surface area contributed by atoms with Crippen LogP contribution < -0.4 is 16.5 Å². The van der Waals surface area contributed by atoms with E-state index in [-0.39, 0.29) is 0 Å². The van der Waals surface area contributed by atoms with Crippen LogP contribution in [0.15, 0.2) is 48.5 Å². The molecule has 2 aromatic rings. The fraction of sp³-hybridized carbons (Fsp3) is 0.360. The van der Waals surface area contributed by atoms with Crippen LogP contribution >= 0.6 is 0 Å². The van der Waals surface area contributed by atoms with Crippen molar-refractivity contribution in [2.45, 2.75) is 31.0 Å². The zero-order valence-electron chi connectivity index (χ0n) is 18.3. The molecule has 1 saturated carbocycles. The highest BCUT2D eigenvalue weighted by molar-refractivity contribution is 5.98. The second kappa shape index (κ2) is 10.1. The minimum absolute atomic E-state index is 0.382. The minimum Gasteiger partial charge on any atom is -0.379 e. The molecule has 1 atom stereocenters. The summed E-state index contributed by atoms with van der Waals surface area (Å²) in [7, 11) is 0. The topological polar surface area (TPSA) is 117 Å². The van der Waals surface area contributed by atoms with Gasteiger partial charge in [-0.3, -0.25) is 19.7 Å². The highest BCUT2D eigenvalue weighted by Gasteiger charge is 2.50. The number of hydrogen-bond acceptors (Lipinski definition) is 6. The highest BCUT2D eigenvalue weighted by Crippen LogP contribution is 2.36. The smallest absolute Gasteiger partial charge is 0.267 e. The van der Waals surface area contributed by atoms with Gasteiger partial charge in [-0.05, 0) is 54.8 Å². The van der Waals surface area contributed by atoms with Gasteiger partial charge in [-0.2, -0.15) is 0 Å². The zero-order valence-corrected chi connectivity index (χ0v) is 18.3. The second-order valence-corrected chi connectivity index (χ2v) is 8.53. The lowest BCUT2D eigenvalue weighted by atomic mass is 10.1. The van der Waals surface area contributed by atoms with Crippen molar-refractivity contribution >= 4 is 11.8 Å². The second-order valence-electron chi connectivity index (χ2n) is 8.53. The Morgan fingerprint density at radius 2 is 1.61 bits per heavy atom. The van der Waals surface area contributed by atoms with Gasteiger partial charge >= 0.3 is 0 Å². The number of carbonyl (C=O) groups is 2. The molecule has 33 heavy (non-hydrogen) atoms. The SMILES string of the molecule is NC1(C(NC(=O)c2ccc(C#Cc3ccc(CN4CCOCC4)cc3)cc2)C(=O)NO)CC1. The average Bonchev–Trinajstić information content (AvgIpc) is 3.60. The minimum atomic E-state index is -0.985. The fourth-order valence-corrected chi connectivity index (χ4v) is 3.74. The first-order valence-electron chi connectivity index (χ1n) is 11.0. The number of benzene rings is 2. The number of amides is 2. The number of nitrogens with one attached hydrogen (secondary N) is 2. The van der Waals surface area contributed by atoms with Gasteiger partial charge in [-0.1, -0.05) is 24.0 Å². The van der Waals surface area contributed by atoms with Gasteiger partial charge in [0.25, 0.3) is 11.8 Å². The molecule has 1 aliphatic heterocycles. The first-order valence-corrected chi connectivity index (χ1v) is 11.0. The Bertz CT molecular complexity index is 1050. The predicted molar refractivity (Wildman–Crippen MR) is 122 cm³/mol. The van der Waals surface area contributed by atoms with E-state index < -0.39 is 23.4 Å². The lowest BCUT2D eigenvalue weighted by molar-refractivity contribution is -0.131. The number of nitrogens with two attached hydrogens (primary N) is 1. The first kappa shape index (κ1) is 23.0. The van der Waals surface area contributed by atoms with Crippen LogP contribution in [0.4, 0.5) is 0 Å². The molecule has 0 bridgehead atoms. The number of nitrogens with zero attached hydrogens (tertiary/aromatic N) is 1. The molecule has 8 nitrogen and oxygen atoms in total. The van der Waals surface area contributed by atoms with Crippen molar-refractivity contribution in [3.8, 4) is 11.8 Å². The van der Waals surface area contributed by atoms with Crippen LogP contribution in [0.5, 0.6) is 0 Å². The van der Waals surface area contributed by atoms with Crippen LogP contribution in [0.1, 0.15) is 39.9 Å². The molecule has 8 heteroatoms. The van der Waals surface area contributed by atoms with Crippen molar-refractivity contribution in [1.82, 2.24) is 15.7 Å². The summed E-state index contributed by atoms with van der Waals surface area (Å²) in [6, 6.07) is 14.0. The standard InChI is InChI=1S/C25H28N4O4/c26-25(11-12-25)22(24(31)28-32)27-23(30)21-9-7-19(8-10-21)2-1-18-3-5-20(6-4-18)17-29-13-15-33-16-14-29/h3-10,22,32H,11-17,26H2,(H,27,30)(H,28,31). The van der Waals surface area contributed by atoms with Gasteiger partial charge in [-0.15, -0.1) is 0 Å². The van der Waals surface area contributed by atoms with E-state index in [1.807, 2.05) is 12.1 Å². The molecule has 0 radical (unpaired) electrons. The van der Waals surface area contributed by atoms with Crippen molar-refractivity contribution < 1.29 is 19.5 Å². The van der Waals surface area contributed by atoms with E-state index in [1.54, 1.807) is 29.7 Å². The molecule has 2 amide bonds. The maximum absolute atomic E-state index is 12.5. The van der Waals surface area contributed by atoms with Gasteiger partial charge < -0.3 is 15.8 Å². The van der Waals surface area contributed by atoms with Crippen molar-refractivity contribution in [1.29, 1.82) is 0 Å². The maximum Gasteiger partial charge on any atom is 0.267 e. The van der Waals surface area contributed by atoms with Gasteiger partial charge in [0.05, 0.1) is 13.2 Å². The Morgan fingerprint density at radius 3 is 2.15 bits per heavy atom. The first-order chi connectivity index (χ1) is 16.0. The molecule has 5 N–H and O–H groups in total. The average molecular weight is 449 g/mol. The van der Waals surface area contributed by atoms with E-state index in [4.69, 9.17) is 15.7 Å². The molecule has 1 unspecified atom stereocenters. The third kappa shape index (κ3) is 5.97. The number of rotatable bonds is 6. The number of carbonyl (C=O) groups excluding carboxylic acids is 2. The van der Waals surface area contributed by atoms with Crippen molar-refractivity contribution in [2.75, 3.05) is 26.3 Å². The van der Waals surface area contributed by atoms with Crippen LogP contribution in [0.25, 0.3) is 0 Å². The molecule has 1 heterocycles. The predicted octanol–water partition coefficient (Wildman–Crippen LogP) is 1.01. The molecule has 0 aromatic heterocycles. The van der Waals surface area contributed by atoms with E-state index in [9.17, 15) is 9.59 Å². The molecule has 0 spiro atoms. The normalized spacial score (nSPS) is 17.9. The van der Waals surface area contributed by atoms with Crippen LogP contribution in [-0.4, -0.2) is 59.8 Å². The Labute approximate surface area is 193 Å². The van der Waals surface area contributed by atoms with Crippen LogP contribution in [0.2, 0.25) is 0 Å². The fourth-order valence-electron chi connectivity index (χ4n) is 3.74. The van der Waals surface area contributed by atoms with Crippen LogP contribution in [-0.2, 0) is 16.1 Å². The highest BCUT2D eigenvalue weighted by atomic mass is 16.5. The van der Waals surface area contributed by atoms with E-state index in [2.05, 4.69) is 34.2 Å². The third-order valence-electron chi connectivity index (χ3n) is 6.01. The summed E-state index contributed by atoms with van der Waals surface area (Å²) in [5, 5.41) is 11.5. The van der Waals surface area contributed by atoms with Gasteiger partial charge in [0, 0.05) is 41.9 Å². The molecular formula is C25H28N4O4. The molecular weight excluding hydrogens is 420 g/mol. The Kier molecular flexibility index (Phi) is 7.06. The third-order valence-corrected chi connectivity index (χ3v) is 6.01. The summed E-state index contributed by atoms with van der Waals surface area (Å²) in [6.07, 6.45) is 1.21. The quantitative estimate of drug-likeness (QED) is 0.298. The Hall–Kier alpha value is -3.22. The van der Waals surface area contributed by atoms with Crippen LogP contribution in [0.3, 0.4) is 0 Å². The summed E-state index contributed by atoms with van der Waals surface area (Å²) in [5.74, 6) is 5.09. The van der Waals surface area contributed by atoms with Crippen molar-refractivity contribution in [3.05, 3.63) is 70.8 Å². The lowest BCUT2D eigenvalue weighted by Gasteiger charge is -2.26. The molecule has 1 saturated heterocycles. The molecule has 172 valence electrons. The van der Waals surface area contributed by atoms with E-state index in [1.165, 1.54) is 5.56 Å². The Morgan fingerprint density at radius 1 is 1.03 bits per heavy atom. The Balaban J connectivity index is 1.35. The molecule has 2 fully saturated rings. The van der Waals surface area contributed by atoms with E-state index in [0.717, 1.165) is 44.0 Å². The monoisotopic (exact) mass is 448 g/mol. The van der Waals surface area contributed by atoms with Gasteiger partial charge in [0.15, 0.2) is 0 Å². The van der Waals surface area contributed by atoms with E-state index >= 15 is 0 Å². The zero-order chi connectivity index (χ0) is 23.3. The molecule has 1 aliphatic carbocycles. The number of hydrogen-bond donors (Lipinski definition) is 4. The molecule has 4 rings (SSSR count). The van der Waals surface area contributed by atoms with Crippen molar-refractivity contribution in [2.24, 2.45) is 5.73 Å². The number of hydroxylamine groups is 1. The van der Waals surface area contributed by atoms with Crippen molar-refractivity contribution in [3.63, 3.8) is 0 Å². The van der Waals surface area contributed by atoms with Crippen LogP contribution in [0, 0.1) is 11.8 Å². The van der Waals surface area contributed by atoms with E-state index in [0.29, 0.717) is 18.4 Å². The summed E-state index contributed by atoms with van der Waals surface area (Å²) in [4.78, 5) is 26.8. The lowest BCUT2D eigenvalue weighted by Crippen LogP contribution is -2.57. The largest absolute Gasteiger partial charge is 0.379 e. The molecule has 2 aromatic carbocycles. The number of morpholine rings is 1. The summed E-state index contributed by atoms with van der Waals surface area (Å²) >= 11 is 0. The van der Waals surface area contributed by atoms with Gasteiger partial charge in [0.1, 0.15) is 6.04 Å². The van der Waals surface area contributed by atoms with Gasteiger partial charge in [0.2, 0.25) is 0 Å². The number of ether oxygens (including phenoxy) is 1. The summed E-state index contributed by atoms with van der Waals surface area (Å²) in [6.45, 7) is 4.40. The summed E-state index contributed by atoms with van der Waals surface area (Å²) < 4.78 is 5.39. The maximum atomic E-state index is 12.5. The molecule has 2 aliphatic rings.